The van der Waals surface area contributed by atoms with Gasteiger partial charge in [-0.1, -0.05) is 0 Å². The van der Waals surface area contributed by atoms with Crippen LogP contribution in [0.3, 0.4) is 0 Å². The van der Waals surface area contributed by atoms with Crippen LogP contribution in [-0.4, -0.2) is 24.4 Å². The maximum Gasteiger partial charge on any atom is 0.213 e. The first-order valence-corrected chi connectivity index (χ1v) is 3.63. The summed E-state index contributed by atoms with van der Waals surface area (Å²) in [5.41, 5.74) is 4.79. The fourth-order valence-electron chi connectivity index (χ4n) is 0.830. The molecule has 0 aliphatic carbocycles. The van der Waals surface area contributed by atoms with Crippen LogP contribution in [0.15, 0.2) is 12.1 Å². The quantitative estimate of drug-likeness (QED) is 0.689. The lowest BCUT2D eigenvalue weighted by Gasteiger charge is -2.02. The van der Waals surface area contributed by atoms with Gasteiger partial charge in [-0.05, 0) is 6.07 Å². The zero-order valence-corrected chi connectivity index (χ0v) is 7.08. The van der Waals surface area contributed by atoms with Crippen LogP contribution in [0.25, 0.3) is 0 Å². The largest absolute Gasteiger partial charge is 0.481 e. The molecule has 1 aromatic heterocycles. The van der Waals surface area contributed by atoms with E-state index >= 15 is 0 Å². The van der Waals surface area contributed by atoms with Crippen molar-refractivity contribution in [1.82, 2.24) is 4.98 Å². The van der Waals surface area contributed by atoms with Crippen LogP contribution in [0.5, 0.6) is 5.88 Å². The smallest absolute Gasteiger partial charge is 0.213 e. The van der Waals surface area contributed by atoms with E-state index in [0.717, 1.165) is 6.07 Å². The van der Waals surface area contributed by atoms with Crippen molar-refractivity contribution in [1.29, 1.82) is 0 Å². The number of aromatic nitrogens is 1. The molecule has 0 aromatic carbocycles. The molecule has 1 rings (SSSR count). The Labute approximate surface area is 74.5 Å². The first kappa shape index (κ1) is 9.60. The van der Waals surface area contributed by atoms with Crippen molar-refractivity contribution < 1.29 is 13.9 Å². The van der Waals surface area contributed by atoms with Gasteiger partial charge in [0.2, 0.25) is 5.88 Å². The van der Waals surface area contributed by atoms with E-state index in [-0.39, 0.29) is 18.1 Å². The summed E-state index contributed by atoms with van der Waals surface area (Å²) in [4.78, 5) is 14.7. The number of methoxy groups -OCH3 is 1. The molecular weight excluding hydrogens is 175 g/mol. The van der Waals surface area contributed by atoms with Gasteiger partial charge in [-0.15, -0.1) is 0 Å². The van der Waals surface area contributed by atoms with Gasteiger partial charge in [-0.3, -0.25) is 4.79 Å². The number of nitrogens with two attached hydrogens (primary N) is 1. The Kier molecular flexibility index (Phi) is 2.92. The minimum Gasteiger partial charge on any atom is -0.481 e. The van der Waals surface area contributed by atoms with Gasteiger partial charge in [0.15, 0.2) is 11.6 Å². The first-order chi connectivity index (χ1) is 6.19. The highest BCUT2D eigenvalue weighted by atomic mass is 19.1. The molecular formula is C8H9FN2O2. The van der Waals surface area contributed by atoms with Crippen molar-refractivity contribution in [2.75, 3.05) is 13.7 Å². The summed E-state index contributed by atoms with van der Waals surface area (Å²) in [7, 11) is 1.39. The third-order valence-electron chi connectivity index (χ3n) is 1.48. The predicted molar refractivity (Wildman–Crippen MR) is 44.1 cm³/mol. The molecule has 5 heteroatoms. The maximum absolute atomic E-state index is 12.9. The number of carbonyl (C=O) groups excluding carboxylic acids is 1. The number of rotatable bonds is 3. The molecule has 0 spiro atoms. The number of ether oxygens (including phenoxy) is 1. The lowest BCUT2D eigenvalue weighted by atomic mass is 10.2. The molecule has 13 heavy (non-hydrogen) atoms. The molecule has 0 atom stereocenters. The van der Waals surface area contributed by atoms with Gasteiger partial charge in [0.05, 0.1) is 13.7 Å². The highest BCUT2D eigenvalue weighted by Crippen LogP contribution is 2.11. The number of nitrogens with zero attached hydrogens (tertiary/aromatic N) is 1. The maximum atomic E-state index is 12.9. The molecule has 0 aliphatic heterocycles. The lowest BCUT2D eigenvalue weighted by Crippen LogP contribution is -2.17. The third kappa shape index (κ3) is 2.00. The normalized spacial score (nSPS) is 9.77. The summed E-state index contributed by atoms with van der Waals surface area (Å²) in [5.74, 6) is -1.04. The lowest BCUT2D eigenvalue weighted by molar-refractivity contribution is 0.0991. The highest BCUT2D eigenvalue weighted by Gasteiger charge is 2.12. The van der Waals surface area contributed by atoms with Crippen LogP contribution < -0.4 is 10.5 Å². The van der Waals surface area contributed by atoms with Crippen molar-refractivity contribution in [3.05, 3.63) is 23.6 Å². The molecule has 0 amide bonds. The summed E-state index contributed by atoms with van der Waals surface area (Å²) in [6, 6.07) is 2.46. The van der Waals surface area contributed by atoms with Crippen molar-refractivity contribution >= 4 is 5.78 Å². The van der Waals surface area contributed by atoms with E-state index in [2.05, 4.69) is 4.98 Å². The number of hydrogen-bond donors (Lipinski definition) is 1. The van der Waals surface area contributed by atoms with Crippen LogP contribution >= 0.6 is 0 Å². The zero-order valence-electron chi connectivity index (χ0n) is 7.08. The predicted octanol–water partition coefficient (Wildman–Crippen LogP) is 0.371. The Morgan fingerprint density at radius 3 is 2.92 bits per heavy atom. The molecule has 2 N–H and O–H groups in total. The van der Waals surface area contributed by atoms with Gasteiger partial charge >= 0.3 is 0 Å². The summed E-state index contributed by atoms with van der Waals surface area (Å²) in [6.07, 6.45) is 0. The second-order valence-electron chi connectivity index (χ2n) is 2.31. The molecule has 0 saturated carbocycles. The number of carbonyl (C=O) groups is 1. The molecule has 0 unspecified atom stereocenters. The van der Waals surface area contributed by atoms with Crippen LogP contribution in [0.4, 0.5) is 4.39 Å². The first-order valence-electron chi connectivity index (χ1n) is 3.63. The Balaban J connectivity index is 3.11. The van der Waals surface area contributed by atoms with Gasteiger partial charge in [-0.2, -0.15) is 0 Å². The van der Waals surface area contributed by atoms with Crippen LogP contribution in [-0.2, 0) is 0 Å². The summed E-state index contributed by atoms with van der Waals surface area (Å²) >= 11 is 0. The van der Waals surface area contributed by atoms with Gasteiger partial charge in [-0.25, -0.2) is 9.37 Å². The Morgan fingerprint density at radius 2 is 2.38 bits per heavy atom. The van der Waals surface area contributed by atoms with E-state index in [9.17, 15) is 9.18 Å². The Hall–Kier alpha value is -1.49. The zero-order chi connectivity index (χ0) is 9.84. The molecule has 0 bridgehead atoms. The second kappa shape index (κ2) is 3.95. The average Bonchev–Trinajstić information content (AvgIpc) is 2.17. The molecule has 0 saturated heterocycles. The monoisotopic (exact) mass is 184 g/mol. The minimum atomic E-state index is -0.684. The van der Waals surface area contributed by atoms with E-state index in [0.29, 0.717) is 0 Å². The number of pyridine rings is 1. The van der Waals surface area contributed by atoms with E-state index in [1.807, 2.05) is 0 Å². The molecule has 0 radical (unpaired) electrons. The van der Waals surface area contributed by atoms with E-state index < -0.39 is 11.6 Å². The minimum absolute atomic E-state index is 0.193. The molecule has 70 valence electrons. The van der Waals surface area contributed by atoms with Gasteiger partial charge in [0.25, 0.3) is 0 Å². The number of Topliss-reactive ketones (excluding diaryl/α,β-unsaturated/α-hetero) is 1. The molecule has 4 nitrogen and oxygen atoms in total. The van der Waals surface area contributed by atoms with Gasteiger partial charge in [0, 0.05) is 6.07 Å². The number of ketones is 1. The Morgan fingerprint density at radius 1 is 1.69 bits per heavy atom. The molecule has 1 aromatic rings. The van der Waals surface area contributed by atoms with Gasteiger partial charge < -0.3 is 10.5 Å². The highest BCUT2D eigenvalue weighted by molar-refractivity contribution is 5.96. The van der Waals surface area contributed by atoms with Crippen molar-refractivity contribution in [2.24, 2.45) is 5.73 Å². The molecule has 0 aliphatic rings. The van der Waals surface area contributed by atoms with E-state index in [1.165, 1.54) is 13.2 Å². The van der Waals surface area contributed by atoms with Crippen LogP contribution in [0, 0.1) is 5.82 Å². The summed E-state index contributed by atoms with van der Waals surface area (Å²) in [6.45, 7) is -0.267. The van der Waals surface area contributed by atoms with Crippen molar-refractivity contribution in [3.63, 3.8) is 0 Å². The standard InChI is InChI=1S/C8H9FN2O2/c1-13-7-3-2-5(9)8(11-7)6(12)4-10/h2-3H,4,10H2,1H3. The topological polar surface area (TPSA) is 65.2 Å². The second-order valence-corrected chi connectivity index (χ2v) is 2.31. The van der Waals surface area contributed by atoms with Gasteiger partial charge in [0.1, 0.15) is 5.69 Å². The number of halogens is 1. The van der Waals surface area contributed by atoms with E-state index in [1.54, 1.807) is 0 Å². The summed E-state index contributed by atoms with van der Waals surface area (Å²) < 4.78 is 17.7. The number of hydrogen-bond acceptors (Lipinski definition) is 4. The van der Waals surface area contributed by atoms with Crippen molar-refractivity contribution in [3.8, 4) is 5.88 Å². The van der Waals surface area contributed by atoms with E-state index in [4.69, 9.17) is 10.5 Å². The molecule has 0 fully saturated rings. The Bertz CT molecular complexity index is 328. The fraction of sp³-hybridized carbons (Fsp3) is 0.250. The van der Waals surface area contributed by atoms with Crippen molar-refractivity contribution in [2.45, 2.75) is 0 Å². The SMILES string of the molecule is COc1ccc(F)c(C(=O)CN)n1. The summed E-state index contributed by atoms with van der Waals surface area (Å²) in [5, 5.41) is 0. The fourth-order valence-corrected chi connectivity index (χ4v) is 0.830. The van der Waals surface area contributed by atoms with Crippen LogP contribution in [0.1, 0.15) is 10.5 Å². The van der Waals surface area contributed by atoms with Crippen LogP contribution in [0.2, 0.25) is 0 Å². The molecule has 1 heterocycles. The average molecular weight is 184 g/mol. The third-order valence-corrected chi connectivity index (χ3v) is 1.48.